The quantitative estimate of drug-likeness (QED) is 0.656. The molecule has 0 saturated carbocycles. The number of anilines is 1. The van der Waals surface area contributed by atoms with E-state index >= 15 is 0 Å². The van der Waals surface area contributed by atoms with Crippen LogP contribution in [0.3, 0.4) is 0 Å². The van der Waals surface area contributed by atoms with Crippen LogP contribution in [-0.2, 0) is 6.42 Å². The summed E-state index contributed by atoms with van der Waals surface area (Å²) in [6.07, 6.45) is 2.82. The minimum absolute atomic E-state index is 0.00332. The molecule has 1 saturated heterocycles. The maximum atomic E-state index is 12.5. The molecule has 0 bridgehead atoms. The number of H-pyrrole nitrogens is 1. The molecule has 2 heterocycles. The van der Waals surface area contributed by atoms with E-state index in [1.165, 1.54) is 10.9 Å². The number of para-hydroxylation sites is 1. The van der Waals surface area contributed by atoms with Crippen LogP contribution in [0, 0.1) is 0 Å². The maximum Gasteiger partial charge on any atom is 0.317 e. The van der Waals surface area contributed by atoms with E-state index in [9.17, 15) is 9.59 Å². The number of nitrogens with zero attached hydrogens (tertiary/aromatic N) is 2. The Morgan fingerprint density at radius 1 is 1.00 bits per heavy atom. The van der Waals surface area contributed by atoms with E-state index in [0.717, 1.165) is 36.3 Å². The number of nitrogens with one attached hydrogen (secondary N) is 2. The first-order valence-corrected chi connectivity index (χ1v) is 10.1. The number of hydrogen-bond acceptors (Lipinski definition) is 3. The van der Waals surface area contributed by atoms with E-state index in [1.54, 1.807) is 6.92 Å². The Balaban J connectivity index is 1.25. The molecule has 2 N–H and O–H groups in total. The summed E-state index contributed by atoms with van der Waals surface area (Å²) in [4.78, 5) is 31.3. The molecule has 1 aromatic heterocycles. The molecule has 0 spiro atoms. The maximum absolute atomic E-state index is 12.5. The number of piperazine rings is 1. The molecule has 1 fully saturated rings. The zero-order valence-electron chi connectivity index (χ0n) is 16.6. The number of aromatic nitrogens is 1. The highest BCUT2D eigenvalue weighted by Crippen LogP contribution is 2.19. The molecule has 2 aromatic carbocycles. The average Bonchev–Trinajstić information content (AvgIpc) is 3.17. The summed E-state index contributed by atoms with van der Waals surface area (Å²) in [7, 11) is 0. The fourth-order valence-corrected chi connectivity index (χ4v) is 3.83. The number of hydrogen-bond donors (Lipinski definition) is 2. The third-order valence-electron chi connectivity index (χ3n) is 5.55. The number of fused-ring (bicyclic) bond motifs is 1. The van der Waals surface area contributed by atoms with Gasteiger partial charge in [0.2, 0.25) is 0 Å². The molecular formula is C23H26N4O2. The van der Waals surface area contributed by atoms with Gasteiger partial charge in [-0.25, -0.2) is 4.79 Å². The molecule has 0 atom stereocenters. The Morgan fingerprint density at radius 3 is 2.45 bits per heavy atom. The summed E-state index contributed by atoms with van der Waals surface area (Å²) in [6.45, 7) is 5.14. The van der Waals surface area contributed by atoms with Gasteiger partial charge in [0, 0.05) is 61.1 Å². The van der Waals surface area contributed by atoms with Crippen LogP contribution in [0.4, 0.5) is 10.5 Å². The fourth-order valence-electron chi connectivity index (χ4n) is 3.83. The molecule has 1 aliphatic heterocycles. The largest absolute Gasteiger partial charge is 0.368 e. The van der Waals surface area contributed by atoms with E-state index in [0.29, 0.717) is 19.6 Å². The van der Waals surface area contributed by atoms with Crippen molar-refractivity contribution in [2.45, 2.75) is 13.3 Å². The first-order chi connectivity index (χ1) is 14.1. The van der Waals surface area contributed by atoms with Crippen molar-refractivity contribution in [1.29, 1.82) is 0 Å². The van der Waals surface area contributed by atoms with Gasteiger partial charge >= 0.3 is 6.03 Å². The number of urea groups is 1. The first-order valence-electron chi connectivity index (χ1n) is 10.1. The molecule has 3 aromatic rings. The van der Waals surface area contributed by atoms with Gasteiger partial charge in [-0.2, -0.15) is 0 Å². The standard InChI is InChI=1S/C23H26N4O2/c1-17(28)18-6-8-20(9-7-18)26-12-14-27(15-13-26)23(29)24-11-10-19-16-25-22-5-3-2-4-21(19)22/h2-9,16,25H,10-15H2,1H3,(H,24,29). The summed E-state index contributed by atoms with van der Waals surface area (Å²) < 4.78 is 0. The molecule has 6 nitrogen and oxygen atoms in total. The van der Waals surface area contributed by atoms with Gasteiger partial charge in [0.1, 0.15) is 0 Å². The summed E-state index contributed by atoms with van der Waals surface area (Å²) in [5, 5.41) is 4.26. The van der Waals surface area contributed by atoms with Crippen LogP contribution in [0.25, 0.3) is 10.9 Å². The Hall–Kier alpha value is -3.28. The average molecular weight is 390 g/mol. The lowest BCUT2D eigenvalue weighted by molar-refractivity contribution is 0.101. The molecule has 4 rings (SSSR count). The highest BCUT2D eigenvalue weighted by atomic mass is 16.2. The van der Waals surface area contributed by atoms with Crippen molar-refractivity contribution < 1.29 is 9.59 Å². The van der Waals surface area contributed by atoms with Crippen LogP contribution < -0.4 is 10.2 Å². The first kappa shape index (κ1) is 19.1. The van der Waals surface area contributed by atoms with Gasteiger partial charge in [-0.05, 0) is 49.2 Å². The summed E-state index contributed by atoms with van der Waals surface area (Å²) in [6, 6.07) is 15.9. The Labute approximate surface area is 170 Å². The predicted octanol–water partition coefficient (Wildman–Crippen LogP) is 3.44. The van der Waals surface area contributed by atoms with Crippen LogP contribution >= 0.6 is 0 Å². The molecule has 1 aliphatic rings. The number of aromatic amines is 1. The molecule has 150 valence electrons. The zero-order chi connectivity index (χ0) is 20.2. The van der Waals surface area contributed by atoms with Crippen molar-refractivity contribution in [3.63, 3.8) is 0 Å². The van der Waals surface area contributed by atoms with Gasteiger partial charge in [-0.1, -0.05) is 18.2 Å². The van der Waals surface area contributed by atoms with E-state index in [-0.39, 0.29) is 11.8 Å². The molecular weight excluding hydrogens is 364 g/mol. The molecule has 0 radical (unpaired) electrons. The fraction of sp³-hybridized carbons (Fsp3) is 0.304. The van der Waals surface area contributed by atoms with Gasteiger partial charge in [-0.3, -0.25) is 4.79 Å². The lowest BCUT2D eigenvalue weighted by Crippen LogP contribution is -2.52. The van der Waals surface area contributed by atoms with Gasteiger partial charge in [0.25, 0.3) is 0 Å². The minimum Gasteiger partial charge on any atom is -0.368 e. The zero-order valence-corrected chi connectivity index (χ0v) is 16.6. The van der Waals surface area contributed by atoms with E-state index in [1.807, 2.05) is 47.5 Å². The monoisotopic (exact) mass is 390 g/mol. The number of benzene rings is 2. The van der Waals surface area contributed by atoms with Crippen molar-refractivity contribution in [2.75, 3.05) is 37.6 Å². The number of ketones is 1. The molecule has 0 aliphatic carbocycles. The van der Waals surface area contributed by atoms with Crippen molar-refractivity contribution in [3.8, 4) is 0 Å². The SMILES string of the molecule is CC(=O)c1ccc(N2CCN(C(=O)NCCc3c[nH]c4ccccc34)CC2)cc1. The van der Waals surface area contributed by atoms with Crippen molar-refractivity contribution in [2.24, 2.45) is 0 Å². The van der Waals surface area contributed by atoms with Gasteiger partial charge in [-0.15, -0.1) is 0 Å². The van der Waals surface area contributed by atoms with E-state index in [2.05, 4.69) is 27.3 Å². The van der Waals surface area contributed by atoms with Crippen LogP contribution in [-0.4, -0.2) is 54.4 Å². The molecule has 6 heteroatoms. The molecule has 2 amide bonds. The number of amides is 2. The topological polar surface area (TPSA) is 68.4 Å². The smallest absolute Gasteiger partial charge is 0.317 e. The predicted molar refractivity (Wildman–Crippen MR) is 116 cm³/mol. The third-order valence-corrected chi connectivity index (χ3v) is 5.55. The van der Waals surface area contributed by atoms with E-state index < -0.39 is 0 Å². The second kappa shape index (κ2) is 8.39. The second-order valence-electron chi connectivity index (χ2n) is 7.42. The van der Waals surface area contributed by atoms with Gasteiger partial charge in [0.05, 0.1) is 0 Å². The Morgan fingerprint density at radius 2 is 1.72 bits per heavy atom. The number of Topliss-reactive ketones (excluding diaryl/α,β-unsaturated/α-hetero) is 1. The number of carbonyl (C=O) groups excluding carboxylic acids is 2. The molecule has 29 heavy (non-hydrogen) atoms. The van der Waals surface area contributed by atoms with Crippen molar-refractivity contribution in [1.82, 2.24) is 15.2 Å². The molecule has 0 unspecified atom stereocenters. The van der Waals surface area contributed by atoms with Crippen LogP contribution in [0.1, 0.15) is 22.8 Å². The van der Waals surface area contributed by atoms with Crippen LogP contribution in [0.2, 0.25) is 0 Å². The van der Waals surface area contributed by atoms with Crippen molar-refractivity contribution in [3.05, 3.63) is 65.9 Å². The van der Waals surface area contributed by atoms with Crippen molar-refractivity contribution >= 4 is 28.4 Å². The Kier molecular flexibility index (Phi) is 5.51. The third kappa shape index (κ3) is 4.26. The van der Waals surface area contributed by atoms with Gasteiger partial charge in [0.15, 0.2) is 5.78 Å². The summed E-state index contributed by atoms with van der Waals surface area (Å²) in [5.74, 6) is 0.0747. The minimum atomic E-state index is -0.00332. The highest BCUT2D eigenvalue weighted by molar-refractivity contribution is 5.94. The number of rotatable bonds is 5. The van der Waals surface area contributed by atoms with Gasteiger partial charge < -0.3 is 20.1 Å². The lowest BCUT2D eigenvalue weighted by Gasteiger charge is -2.36. The summed E-state index contributed by atoms with van der Waals surface area (Å²) in [5.41, 5.74) is 4.16. The summed E-state index contributed by atoms with van der Waals surface area (Å²) >= 11 is 0. The second-order valence-corrected chi connectivity index (χ2v) is 7.42. The normalized spacial score (nSPS) is 14.2. The van der Waals surface area contributed by atoms with Crippen LogP contribution in [0.5, 0.6) is 0 Å². The van der Waals surface area contributed by atoms with Crippen LogP contribution in [0.15, 0.2) is 54.7 Å². The Bertz CT molecular complexity index is 1000. The lowest BCUT2D eigenvalue weighted by atomic mass is 10.1. The highest BCUT2D eigenvalue weighted by Gasteiger charge is 2.21. The number of carbonyl (C=O) groups is 2. The van der Waals surface area contributed by atoms with E-state index in [4.69, 9.17) is 0 Å².